The first-order chi connectivity index (χ1) is 16.7. The topological polar surface area (TPSA) is 119 Å². The maximum Gasteiger partial charge on any atom is 0.417 e. The lowest BCUT2D eigenvalue weighted by Crippen LogP contribution is -2.67. The Hall–Kier alpha value is -3.03. The number of nitrogens with two attached hydrogens (primary N) is 1. The second kappa shape index (κ2) is 7.73. The Balaban J connectivity index is 1.37. The van der Waals surface area contributed by atoms with Gasteiger partial charge in [0.15, 0.2) is 0 Å². The van der Waals surface area contributed by atoms with Gasteiger partial charge in [0.2, 0.25) is 11.9 Å². The highest BCUT2D eigenvalue weighted by Crippen LogP contribution is 2.44. The Labute approximate surface area is 198 Å². The van der Waals surface area contributed by atoms with Crippen molar-refractivity contribution in [3.63, 3.8) is 0 Å². The molecule has 2 spiro atoms. The second-order valence-corrected chi connectivity index (χ2v) is 9.97. The van der Waals surface area contributed by atoms with Gasteiger partial charge in [-0.1, -0.05) is 0 Å². The quantitative estimate of drug-likeness (QED) is 0.634. The van der Waals surface area contributed by atoms with Crippen LogP contribution in [0.2, 0.25) is 0 Å². The zero-order valence-corrected chi connectivity index (χ0v) is 18.8. The summed E-state index contributed by atoms with van der Waals surface area (Å²) in [7, 11) is 0. The molecule has 186 valence electrons. The summed E-state index contributed by atoms with van der Waals surface area (Å²) in [5.41, 5.74) is 4.44. The molecule has 4 saturated heterocycles. The molecule has 0 radical (unpaired) electrons. The lowest BCUT2D eigenvalue weighted by molar-refractivity contribution is -0.137. The Morgan fingerprint density at radius 3 is 2.20 bits per heavy atom. The highest BCUT2D eigenvalue weighted by molar-refractivity contribution is 5.91. The molecule has 0 unspecified atom stereocenters. The van der Waals surface area contributed by atoms with Crippen LogP contribution in [0.3, 0.4) is 0 Å². The zero-order valence-electron chi connectivity index (χ0n) is 18.8. The van der Waals surface area contributed by atoms with Crippen molar-refractivity contribution in [2.75, 3.05) is 74.3 Å². The van der Waals surface area contributed by atoms with Crippen molar-refractivity contribution in [1.82, 2.24) is 15.0 Å². The van der Waals surface area contributed by atoms with E-state index in [-0.39, 0.29) is 34.4 Å². The fraction of sp³-hybridized carbons (Fsp3) is 0.545. The van der Waals surface area contributed by atoms with Gasteiger partial charge in [-0.15, -0.1) is 0 Å². The minimum Gasteiger partial charge on any atom is -0.380 e. The number of nitrogens with one attached hydrogen (secondary N) is 1. The highest BCUT2D eigenvalue weighted by Gasteiger charge is 2.51. The maximum absolute atomic E-state index is 14.1. The van der Waals surface area contributed by atoms with Gasteiger partial charge < -0.3 is 30.3 Å². The molecule has 0 atom stereocenters. The van der Waals surface area contributed by atoms with E-state index in [1.54, 1.807) is 6.07 Å². The van der Waals surface area contributed by atoms with Crippen LogP contribution in [-0.2, 0) is 20.4 Å². The molecule has 2 aromatic rings. The molecule has 0 aromatic carbocycles. The molecule has 2 aromatic heterocycles. The van der Waals surface area contributed by atoms with Gasteiger partial charge in [0.05, 0.1) is 55.1 Å². The highest BCUT2D eigenvalue weighted by atomic mass is 19.4. The lowest BCUT2D eigenvalue weighted by Gasteiger charge is -2.56. The number of carbonyl (C=O) groups is 1. The predicted octanol–water partition coefficient (Wildman–Crippen LogP) is 1.13. The number of rotatable bonds is 5. The number of alkyl halides is 3. The van der Waals surface area contributed by atoms with Crippen molar-refractivity contribution >= 4 is 23.5 Å². The third-order valence-corrected chi connectivity index (χ3v) is 6.98. The van der Waals surface area contributed by atoms with Crippen LogP contribution in [0.1, 0.15) is 5.56 Å². The number of hydrogen-bond acceptors (Lipinski definition) is 9. The third kappa shape index (κ3) is 3.87. The largest absolute Gasteiger partial charge is 0.417 e. The van der Waals surface area contributed by atoms with Crippen LogP contribution >= 0.6 is 0 Å². The zero-order chi connectivity index (χ0) is 24.4. The van der Waals surface area contributed by atoms with E-state index in [1.807, 2.05) is 9.80 Å². The monoisotopic (exact) mass is 491 g/mol. The molecule has 6 rings (SSSR count). The van der Waals surface area contributed by atoms with E-state index in [0.717, 1.165) is 25.4 Å². The standard InChI is InChI=1S/C22H24F3N7O3/c23-22(24,25)14-1-16(29-18(33)3-26)27-4-13(14)15-2-17(31-5-20(6-31)9-34-10-20)30-19(28-15)32-7-21(8-32)11-35-12-21/h1-2,4H,3,5-12,26H2,(H,27,29,33). The Kier molecular flexibility index (Phi) is 4.96. The van der Waals surface area contributed by atoms with Crippen LogP contribution in [0, 0.1) is 10.8 Å². The van der Waals surface area contributed by atoms with Gasteiger partial charge in [0, 0.05) is 44.0 Å². The van der Waals surface area contributed by atoms with Gasteiger partial charge in [-0.25, -0.2) is 9.97 Å². The molecular weight excluding hydrogens is 467 g/mol. The number of nitrogens with zero attached hydrogens (tertiary/aromatic N) is 5. The second-order valence-electron chi connectivity index (χ2n) is 9.97. The van der Waals surface area contributed by atoms with Crippen molar-refractivity contribution in [1.29, 1.82) is 0 Å². The van der Waals surface area contributed by atoms with E-state index in [1.165, 1.54) is 0 Å². The molecule has 4 fully saturated rings. The Morgan fingerprint density at radius 1 is 1.03 bits per heavy atom. The number of hydrogen-bond donors (Lipinski definition) is 2. The van der Waals surface area contributed by atoms with Gasteiger partial charge in [-0.2, -0.15) is 18.2 Å². The lowest BCUT2D eigenvalue weighted by atomic mass is 9.78. The summed E-state index contributed by atoms with van der Waals surface area (Å²) >= 11 is 0. The van der Waals surface area contributed by atoms with Crippen LogP contribution in [0.5, 0.6) is 0 Å². The number of amides is 1. The molecule has 0 aliphatic carbocycles. The molecule has 0 bridgehead atoms. The number of ether oxygens (including phenoxy) is 2. The summed E-state index contributed by atoms with van der Waals surface area (Å²) in [6, 6.07) is 2.38. The average molecular weight is 491 g/mol. The number of pyridine rings is 1. The minimum absolute atomic E-state index is 0.0884. The van der Waals surface area contributed by atoms with E-state index in [4.69, 9.17) is 20.2 Å². The van der Waals surface area contributed by atoms with Gasteiger partial charge in [0.1, 0.15) is 11.6 Å². The molecule has 6 heterocycles. The summed E-state index contributed by atoms with van der Waals surface area (Å²) in [6.45, 7) is 5.19. The first kappa shape index (κ1) is 22.4. The molecule has 4 aliphatic rings. The van der Waals surface area contributed by atoms with Crippen molar-refractivity contribution in [2.24, 2.45) is 16.6 Å². The van der Waals surface area contributed by atoms with Crippen LogP contribution in [0.4, 0.5) is 30.8 Å². The fourth-order valence-corrected chi connectivity index (χ4v) is 5.00. The van der Waals surface area contributed by atoms with E-state index in [9.17, 15) is 18.0 Å². The van der Waals surface area contributed by atoms with Crippen LogP contribution in [0.25, 0.3) is 11.3 Å². The molecule has 4 aliphatic heterocycles. The van der Waals surface area contributed by atoms with E-state index in [2.05, 4.69) is 15.3 Å². The average Bonchev–Trinajstić information content (AvgIpc) is 2.69. The van der Waals surface area contributed by atoms with Crippen molar-refractivity contribution in [3.8, 4) is 11.3 Å². The Bertz CT molecular complexity index is 1120. The van der Waals surface area contributed by atoms with Crippen LogP contribution in [-0.4, -0.2) is 80.0 Å². The molecule has 1 amide bonds. The minimum atomic E-state index is -4.69. The molecule has 3 N–H and O–H groups in total. The molecule has 35 heavy (non-hydrogen) atoms. The van der Waals surface area contributed by atoms with Gasteiger partial charge in [-0.3, -0.25) is 4.79 Å². The summed E-state index contributed by atoms with van der Waals surface area (Å²) < 4.78 is 52.8. The SMILES string of the molecule is NCC(=O)Nc1cc(C(F)(F)F)c(-c2cc(N3CC4(COC4)C3)nc(N3CC4(COC4)C3)n2)cn1. The smallest absolute Gasteiger partial charge is 0.380 e. The summed E-state index contributed by atoms with van der Waals surface area (Å²) in [4.78, 5) is 28.8. The van der Waals surface area contributed by atoms with E-state index < -0.39 is 17.6 Å². The number of aromatic nitrogens is 3. The molecule has 13 heteroatoms. The van der Waals surface area contributed by atoms with E-state index >= 15 is 0 Å². The third-order valence-electron chi connectivity index (χ3n) is 6.98. The van der Waals surface area contributed by atoms with Gasteiger partial charge in [-0.05, 0) is 6.07 Å². The summed E-state index contributed by atoms with van der Waals surface area (Å²) in [5, 5.41) is 2.27. The fourth-order valence-electron chi connectivity index (χ4n) is 5.00. The van der Waals surface area contributed by atoms with Crippen molar-refractivity contribution < 1.29 is 27.4 Å². The molecular formula is C22H24F3N7O3. The molecule has 0 saturated carbocycles. The normalized spacial score (nSPS) is 21.7. The van der Waals surface area contributed by atoms with Crippen molar-refractivity contribution in [3.05, 3.63) is 23.9 Å². The van der Waals surface area contributed by atoms with Crippen molar-refractivity contribution in [2.45, 2.75) is 6.18 Å². The number of halogens is 3. The summed E-state index contributed by atoms with van der Waals surface area (Å²) in [6.07, 6.45) is -3.61. The Morgan fingerprint density at radius 2 is 1.66 bits per heavy atom. The van der Waals surface area contributed by atoms with E-state index in [0.29, 0.717) is 51.3 Å². The summed E-state index contributed by atoms with van der Waals surface area (Å²) in [5.74, 6) is 0.0927. The predicted molar refractivity (Wildman–Crippen MR) is 119 cm³/mol. The first-order valence-electron chi connectivity index (χ1n) is 11.3. The first-order valence-corrected chi connectivity index (χ1v) is 11.3. The van der Waals surface area contributed by atoms with Gasteiger partial charge >= 0.3 is 6.18 Å². The number of carbonyl (C=O) groups excluding carboxylic acids is 1. The van der Waals surface area contributed by atoms with Crippen LogP contribution < -0.4 is 20.9 Å². The maximum atomic E-state index is 14.1. The number of anilines is 3. The van der Waals surface area contributed by atoms with Crippen LogP contribution in [0.15, 0.2) is 18.3 Å². The molecule has 10 nitrogen and oxygen atoms in total. The van der Waals surface area contributed by atoms with Gasteiger partial charge in [0.25, 0.3) is 0 Å².